The van der Waals surface area contributed by atoms with Crippen LogP contribution in [0.15, 0.2) is 12.1 Å². The Morgan fingerprint density at radius 3 is 2.40 bits per heavy atom. The van der Waals surface area contributed by atoms with Gasteiger partial charge in [0.05, 0.1) is 11.7 Å². The topological polar surface area (TPSA) is 45.1 Å². The van der Waals surface area contributed by atoms with E-state index in [0.717, 1.165) is 5.69 Å². The van der Waals surface area contributed by atoms with Crippen LogP contribution in [0.3, 0.4) is 0 Å². The number of rotatable bonds is 1. The van der Waals surface area contributed by atoms with Crippen LogP contribution in [0, 0.1) is 6.92 Å². The van der Waals surface area contributed by atoms with Gasteiger partial charge in [-0.2, -0.15) is 0 Å². The molecule has 0 N–H and O–H groups in total. The minimum atomic E-state index is -1.13. The van der Waals surface area contributed by atoms with E-state index in [9.17, 15) is 9.90 Å². The van der Waals surface area contributed by atoms with Gasteiger partial charge in [0.15, 0.2) is 0 Å². The van der Waals surface area contributed by atoms with Gasteiger partial charge in [0, 0.05) is 12.7 Å². The second-order valence-electron chi connectivity index (χ2n) is 2.21. The molecule has 0 aliphatic heterocycles. The summed E-state index contributed by atoms with van der Waals surface area (Å²) in [6.07, 6.45) is 0. The van der Waals surface area contributed by atoms with E-state index in [-0.39, 0.29) is 5.69 Å². The summed E-state index contributed by atoms with van der Waals surface area (Å²) in [7, 11) is 1.69. The van der Waals surface area contributed by atoms with E-state index in [1.807, 2.05) is 6.92 Å². The number of aromatic nitrogens is 1. The van der Waals surface area contributed by atoms with Crippen LogP contribution in [0.4, 0.5) is 0 Å². The molecule has 0 unspecified atom stereocenters. The molecule has 0 spiro atoms. The van der Waals surface area contributed by atoms with E-state index in [0.29, 0.717) is 0 Å². The standard InChI is InChI=1S/C7H9NO2/c1-5-3-4-6(7(9)10)8(5)2/h3-4H,1-2H3,(H,9,10)/p-1. The molecule has 0 amide bonds. The average molecular weight is 138 g/mol. The number of hydrogen-bond acceptors (Lipinski definition) is 2. The summed E-state index contributed by atoms with van der Waals surface area (Å²) in [5, 5.41) is 10.3. The van der Waals surface area contributed by atoms with Crippen LogP contribution in [0.5, 0.6) is 0 Å². The zero-order chi connectivity index (χ0) is 7.72. The molecule has 0 bridgehead atoms. The van der Waals surface area contributed by atoms with Crippen molar-refractivity contribution in [2.24, 2.45) is 7.05 Å². The molecule has 0 saturated heterocycles. The van der Waals surface area contributed by atoms with E-state index in [4.69, 9.17) is 0 Å². The van der Waals surface area contributed by atoms with Crippen molar-refractivity contribution in [2.45, 2.75) is 6.92 Å². The fourth-order valence-corrected chi connectivity index (χ4v) is 0.818. The predicted molar refractivity (Wildman–Crippen MR) is 34.5 cm³/mol. The van der Waals surface area contributed by atoms with Gasteiger partial charge in [-0.05, 0) is 19.1 Å². The monoisotopic (exact) mass is 138 g/mol. The summed E-state index contributed by atoms with van der Waals surface area (Å²) in [5.41, 5.74) is 1.14. The van der Waals surface area contributed by atoms with Gasteiger partial charge in [-0.25, -0.2) is 0 Å². The van der Waals surface area contributed by atoms with E-state index in [1.165, 1.54) is 6.07 Å². The molecule has 0 atom stereocenters. The first kappa shape index (κ1) is 6.86. The predicted octanol–water partition coefficient (Wildman–Crippen LogP) is -0.303. The molecular weight excluding hydrogens is 130 g/mol. The number of carboxylic acid groups (broad SMARTS) is 1. The third-order valence-electron chi connectivity index (χ3n) is 1.58. The zero-order valence-electron chi connectivity index (χ0n) is 5.92. The maximum atomic E-state index is 10.3. The number of carbonyl (C=O) groups is 1. The molecule has 0 aromatic carbocycles. The quantitative estimate of drug-likeness (QED) is 0.534. The maximum absolute atomic E-state index is 10.3. The molecule has 0 radical (unpaired) electrons. The molecule has 3 nitrogen and oxygen atoms in total. The molecule has 0 aliphatic rings. The van der Waals surface area contributed by atoms with Crippen LogP contribution in [-0.4, -0.2) is 10.5 Å². The largest absolute Gasteiger partial charge is 0.543 e. The molecule has 0 saturated carbocycles. The van der Waals surface area contributed by atoms with Crippen molar-refractivity contribution in [1.29, 1.82) is 0 Å². The number of aryl methyl sites for hydroxylation is 1. The Bertz CT molecular complexity index is 263. The number of carbonyl (C=O) groups excluding carboxylic acids is 1. The third kappa shape index (κ3) is 0.900. The summed E-state index contributed by atoms with van der Waals surface area (Å²) >= 11 is 0. The van der Waals surface area contributed by atoms with Crippen LogP contribution in [0.25, 0.3) is 0 Å². The number of aromatic carboxylic acids is 1. The lowest BCUT2D eigenvalue weighted by molar-refractivity contribution is -0.255. The normalized spacial score (nSPS) is 9.80. The first-order chi connectivity index (χ1) is 4.63. The van der Waals surface area contributed by atoms with Gasteiger partial charge < -0.3 is 14.5 Å². The van der Waals surface area contributed by atoms with Gasteiger partial charge in [0.1, 0.15) is 0 Å². The second-order valence-corrected chi connectivity index (χ2v) is 2.21. The van der Waals surface area contributed by atoms with E-state index in [2.05, 4.69) is 0 Å². The lowest BCUT2D eigenvalue weighted by Gasteiger charge is -2.04. The highest BCUT2D eigenvalue weighted by Crippen LogP contribution is 2.03. The number of carboxylic acids is 1. The highest BCUT2D eigenvalue weighted by atomic mass is 16.4. The van der Waals surface area contributed by atoms with Crippen molar-refractivity contribution in [2.75, 3.05) is 0 Å². The maximum Gasteiger partial charge on any atom is 0.0880 e. The molecule has 1 heterocycles. The lowest BCUT2D eigenvalue weighted by Crippen LogP contribution is -2.24. The molecule has 54 valence electrons. The van der Waals surface area contributed by atoms with Crippen molar-refractivity contribution in [1.82, 2.24) is 4.57 Å². The third-order valence-corrected chi connectivity index (χ3v) is 1.58. The molecule has 0 aliphatic carbocycles. The summed E-state index contributed by atoms with van der Waals surface area (Å²) in [5.74, 6) is -1.13. The second kappa shape index (κ2) is 2.17. The Morgan fingerprint density at radius 2 is 2.20 bits per heavy atom. The van der Waals surface area contributed by atoms with Crippen molar-refractivity contribution in [3.8, 4) is 0 Å². The van der Waals surface area contributed by atoms with Gasteiger partial charge in [-0.1, -0.05) is 0 Å². The van der Waals surface area contributed by atoms with E-state index >= 15 is 0 Å². The fourth-order valence-electron chi connectivity index (χ4n) is 0.818. The van der Waals surface area contributed by atoms with Gasteiger partial charge in [-0.3, -0.25) is 0 Å². The van der Waals surface area contributed by atoms with Gasteiger partial charge in [-0.15, -0.1) is 0 Å². The minimum absolute atomic E-state index is 0.220. The SMILES string of the molecule is Cc1ccc(C(=O)[O-])n1C. The molecule has 3 heteroatoms. The molecule has 1 rings (SSSR count). The highest BCUT2D eigenvalue weighted by molar-refractivity contribution is 5.84. The van der Waals surface area contributed by atoms with Crippen LogP contribution >= 0.6 is 0 Å². The molecule has 10 heavy (non-hydrogen) atoms. The molecule has 1 aromatic heterocycles. The minimum Gasteiger partial charge on any atom is -0.543 e. The smallest absolute Gasteiger partial charge is 0.0880 e. The first-order valence-electron chi connectivity index (χ1n) is 2.96. The Morgan fingerprint density at radius 1 is 1.60 bits per heavy atom. The Kier molecular flexibility index (Phi) is 1.49. The number of hydrogen-bond donors (Lipinski definition) is 0. The lowest BCUT2D eigenvalue weighted by atomic mass is 10.4. The summed E-state index contributed by atoms with van der Waals surface area (Å²) in [6, 6.07) is 3.27. The van der Waals surface area contributed by atoms with Gasteiger partial charge >= 0.3 is 0 Å². The Labute approximate surface area is 58.9 Å². The summed E-state index contributed by atoms with van der Waals surface area (Å²) in [6.45, 7) is 1.84. The van der Waals surface area contributed by atoms with Crippen molar-refractivity contribution < 1.29 is 9.90 Å². The van der Waals surface area contributed by atoms with Crippen molar-refractivity contribution >= 4 is 5.97 Å². The molecule has 1 aromatic rings. The average Bonchev–Trinajstić information content (AvgIpc) is 2.14. The Balaban J connectivity index is 3.17. The first-order valence-corrected chi connectivity index (χ1v) is 2.96. The van der Waals surface area contributed by atoms with Crippen molar-refractivity contribution in [3.63, 3.8) is 0 Å². The fraction of sp³-hybridized carbons (Fsp3) is 0.286. The molecular formula is C7H8NO2-. The van der Waals surface area contributed by atoms with Crippen molar-refractivity contribution in [3.05, 3.63) is 23.5 Å². The summed E-state index contributed by atoms with van der Waals surface area (Å²) < 4.78 is 1.58. The van der Waals surface area contributed by atoms with Crippen LogP contribution in [0.1, 0.15) is 16.2 Å². The van der Waals surface area contributed by atoms with Crippen LogP contribution in [-0.2, 0) is 7.05 Å². The Hall–Kier alpha value is -1.25. The molecule has 0 fully saturated rings. The van der Waals surface area contributed by atoms with E-state index < -0.39 is 5.97 Å². The van der Waals surface area contributed by atoms with Crippen LogP contribution in [0.2, 0.25) is 0 Å². The number of nitrogens with zero attached hydrogens (tertiary/aromatic N) is 1. The van der Waals surface area contributed by atoms with Gasteiger partial charge in [0.2, 0.25) is 0 Å². The zero-order valence-corrected chi connectivity index (χ0v) is 5.92. The van der Waals surface area contributed by atoms with E-state index in [1.54, 1.807) is 17.7 Å². The van der Waals surface area contributed by atoms with Crippen LogP contribution < -0.4 is 5.11 Å². The van der Waals surface area contributed by atoms with Gasteiger partial charge in [0.25, 0.3) is 0 Å². The highest BCUT2D eigenvalue weighted by Gasteiger charge is 1.99. The summed E-state index contributed by atoms with van der Waals surface area (Å²) in [4.78, 5) is 10.3.